The van der Waals surface area contributed by atoms with E-state index in [1.807, 2.05) is 18.4 Å². The predicted molar refractivity (Wildman–Crippen MR) is 62.4 cm³/mol. The highest BCUT2D eigenvalue weighted by Crippen LogP contribution is 2.40. The lowest BCUT2D eigenvalue weighted by molar-refractivity contribution is 0.346. The van der Waals surface area contributed by atoms with E-state index in [0.29, 0.717) is 17.3 Å². The van der Waals surface area contributed by atoms with Gasteiger partial charge in [-0.3, -0.25) is 0 Å². The number of fused-ring (bicyclic) bond motifs is 1. The molecule has 0 radical (unpaired) electrons. The van der Waals surface area contributed by atoms with Crippen molar-refractivity contribution in [2.75, 3.05) is 12.3 Å². The van der Waals surface area contributed by atoms with E-state index in [1.54, 1.807) is 17.4 Å². The molecule has 1 heterocycles. The number of anilines is 1. The highest BCUT2D eigenvalue weighted by Gasteiger charge is 2.10. The van der Waals surface area contributed by atoms with Gasteiger partial charge in [-0.1, -0.05) is 11.6 Å². The number of hydrogen-bond donors (Lipinski definition) is 1. The lowest BCUT2D eigenvalue weighted by atomic mass is 10.2. The Balaban J connectivity index is 2.73. The molecule has 0 spiro atoms. The average Bonchev–Trinajstić information content (AvgIpc) is 2.60. The first-order valence-corrected chi connectivity index (χ1v) is 5.57. The van der Waals surface area contributed by atoms with Crippen LogP contribution in [0.1, 0.15) is 6.92 Å². The Kier molecular flexibility index (Phi) is 2.52. The number of nitrogen functional groups attached to an aromatic ring is 1. The fraction of sp³-hybridized carbons (Fsp3) is 0.200. The van der Waals surface area contributed by atoms with E-state index >= 15 is 0 Å². The highest BCUT2D eigenvalue weighted by atomic mass is 35.5. The van der Waals surface area contributed by atoms with Crippen LogP contribution in [0.25, 0.3) is 10.1 Å². The second-order valence-corrected chi connectivity index (χ2v) is 4.20. The van der Waals surface area contributed by atoms with Crippen molar-refractivity contribution in [2.45, 2.75) is 6.92 Å². The molecule has 2 rings (SSSR count). The number of thiophene rings is 1. The van der Waals surface area contributed by atoms with Crippen LogP contribution in [0.2, 0.25) is 5.02 Å². The Morgan fingerprint density at radius 3 is 3.07 bits per heavy atom. The van der Waals surface area contributed by atoms with Crippen LogP contribution in [0.4, 0.5) is 5.69 Å². The third-order valence-electron chi connectivity index (χ3n) is 1.96. The van der Waals surface area contributed by atoms with Gasteiger partial charge in [0.25, 0.3) is 0 Å². The fourth-order valence-electron chi connectivity index (χ4n) is 1.38. The van der Waals surface area contributed by atoms with Crippen LogP contribution in [0.3, 0.4) is 0 Å². The number of rotatable bonds is 2. The van der Waals surface area contributed by atoms with Crippen LogP contribution in [0, 0.1) is 0 Å². The molecule has 0 bridgehead atoms. The van der Waals surface area contributed by atoms with Gasteiger partial charge in [0.2, 0.25) is 0 Å². The van der Waals surface area contributed by atoms with Gasteiger partial charge < -0.3 is 10.5 Å². The van der Waals surface area contributed by atoms with Gasteiger partial charge in [0, 0.05) is 5.39 Å². The Morgan fingerprint density at radius 2 is 2.36 bits per heavy atom. The van der Waals surface area contributed by atoms with Crippen LogP contribution >= 0.6 is 22.9 Å². The maximum absolute atomic E-state index is 6.05. The molecule has 2 nitrogen and oxygen atoms in total. The first kappa shape index (κ1) is 9.62. The Morgan fingerprint density at radius 1 is 1.57 bits per heavy atom. The minimum atomic E-state index is 0.604. The Hall–Kier alpha value is -0.930. The van der Waals surface area contributed by atoms with Gasteiger partial charge in [-0.05, 0) is 24.4 Å². The first-order valence-electron chi connectivity index (χ1n) is 4.32. The van der Waals surface area contributed by atoms with Gasteiger partial charge in [0.15, 0.2) is 5.75 Å². The molecule has 14 heavy (non-hydrogen) atoms. The zero-order chi connectivity index (χ0) is 10.1. The summed E-state index contributed by atoms with van der Waals surface area (Å²) in [5.74, 6) is 0.752. The van der Waals surface area contributed by atoms with Crippen molar-refractivity contribution in [3.63, 3.8) is 0 Å². The smallest absolute Gasteiger partial charge is 0.160 e. The van der Waals surface area contributed by atoms with Crippen molar-refractivity contribution in [3.05, 3.63) is 22.5 Å². The second-order valence-electron chi connectivity index (χ2n) is 2.87. The molecule has 0 fully saturated rings. The highest BCUT2D eigenvalue weighted by molar-refractivity contribution is 7.17. The van der Waals surface area contributed by atoms with Crippen molar-refractivity contribution >= 4 is 38.7 Å². The van der Waals surface area contributed by atoms with Crippen molar-refractivity contribution in [2.24, 2.45) is 0 Å². The SMILES string of the molecule is CCOc1c(N)cc(Cl)c2ccsc12. The fourth-order valence-corrected chi connectivity index (χ4v) is 2.64. The molecule has 1 aromatic carbocycles. The van der Waals surface area contributed by atoms with Gasteiger partial charge in [-0.25, -0.2) is 0 Å². The summed E-state index contributed by atoms with van der Waals surface area (Å²) < 4.78 is 6.51. The van der Waals surface area contributed by atoms with Gasteiger partial charge >= 0.3 is 0 Å². The number of ether oxygens (including phenoxy) is 1. The molecule has 0 aliphatic heterocycles. The maximum atomic E-state index is 6.05. The maximum Gasteiger partial charge on any atom is 0.160 e. The van der Waals surface area contributed by atoms with Crippen molar-refractivity contribution in [3.8, 4) is 5.75 Å². The van der Waals surface area contributed by atoms with Crippen molar-refractivity contribution in [1.82, 2.24) is 0 Å². The molecule has 0 amide bonds. The molecule has 0 aliphatic rings. The standard InChI is InChI=1S/C10H10ClNOS/c1-2-13-9-8(12)5-7(11)6-3-4-14-10(6)9/h3-5H,2,12H2,1H3. The van der Waals surface area contributed by atoms with Crippen molar-refractivity contribution in [1.29, 1.82) is 0 Å². The zero-order valence-corrected chi connectivity index (χ0v) is 9.28. The minimum Gasteiger partial charge on any atom is -0.490 e. The van der Waals surface area contributed by atoms with E-state index in [2.05, 4.69) is 0 Å². The molecule has 2 N–H and O–H groups in total. The lowest BCUT2D eigenvalue weighted by Crippen LogP contribution is -1.96. The van der Waals surface area contributed by atoms with Gasteiger partial charge in [-0.15, -0.1) is 11.3 Å². The average molecular weight is 228 g/mol. The summed E-state index contributed by atoms with van der Waals surface area (Å²) in [4.78, 5) is 0. The summed E-state index contributed by atoms with van der Waals surface area (Å²) in [5.41, 5.74) is 6.43. The van der Waals surface area contributed by atoms with Gasteiger partial charge in [0.05, 0.1) is 22.0 Å². The van der Waals surface area contributed by atoms with E-state index in [0.717, 1.165) is 15.8 Å². The molecule has 0 saturated carbocycles. The molecule has 4 heteroatoms. The summed E-state index contributed by atoms with van der Waals surface area (Å²) in [6, 6.07) is 3.71. The first-order chi connectivity index (χ1) is 6.74. The third kappa shape index (κ3) is 1.42. The lowest BCUT2D eigenvalue weighted by Gasteiger charge is -2.08. The second kappa shape index (κ2) is 3.67. The number of nitrogens with two attached hydrogens (primary N) is 1. The van der Waals surface area contributed by atoms with E-state index in [1.165, 1.54) is 0 Å². The summed E-state index contributed by atoms with van der Waals surface area (Å²) >= 11 is 7.64. The molecule has 0 aliphatic carbocycles. The minimum absolute atomic E-state index is 0.604. The van der Waals surface area contributed by atoms with Crippen molar-refractivity contribution < 1.29 is 4.74 Å². The molecular weight excluding hydrogens is 218 g/mol. The zero-order valence-electron chi connectivity index (χ0n) is 7.71. The van der Waals surface area contributed by atoms with Gasteiger partial charge in [0.1, 0.15) is 0 Å². The van der Waals surface area contributed by atoms with Crippen LogP contribution in [0.15, 0.2) is 17.5 Å². The summed E-state index contributed by atoms with van der Waals surface area (Å²) in [6.07, 6.45) is 0. The predicted octanol–water partition coefficient (Wildman–Crippen LogP) is 3.54. The summed E-state index contributed by atoms with van der Waals surface area (Å²) in [7, 11) is 0. The molecular formula is C10H10ClNOS. The monoisotopic (exact) mass is 227 g/mol. The van der Waals surface area contributed by atoms with Crippen LogP contribution < -0.4 is 10.5 Å². The van der Waals surface area contributed by atoms with E-state index in [9.17, 15) is 0 Å². The normalized spacial score (nSPS) is 10.7. The summed E-state index contributed by atoms with van der Waals surface area (Å²) in [6.45, 7) is 2.55. The van der Waals surface area contributed by atoms with E-state index < -0.39 is 0 Å². The van der Waals surface area contributed by atoms with Crippen LogP contribution in [0.5, 0.6) is 5.75 Å². The number of halogens is 1. The molecule has 0 saturated heterocycles. The molecule has 74 valence electrons. The van der Waals surface area contributed by atoms with E-state index in [4.69, 9.17) is 22.1 Å². The van der Waals surface area contributed by atoms with Gasteiger partial charge in [-0.2, -0.15) is 0 Å². The largest absolute Gasteiger partial charge is 0.490 e. The van der Waals surface area contributed by atoms with E-state index in [-0.39, 0.29) is 0 Å². The quantitative estimate of drug-likeness (QED) is 0.797. The Bertz CT molecular complexity index is 466. The summed E-state index contributed by atoms with van der Waals surface area (Å²) in [5, 5.41) is 3.68. The number of benzene rings is 1. The molecule has 1 aromatic heterocycles. The molecule has 2 aromatic rings. The third-order valence-corrected chi connectivity index (χ3v) is 3.19. The van der Waals surface area contributed by atoms with Crippen LogP contribution in [-0.4, -0.2) is 6.61 Å². The molecule has 0 atom stereocenters. The number of hydrogen-bond acceptors (Lipinski definition) is 3. The van der Waals surface area contributed by atoms with Crippen LogP contribution in [-0.2, 0) is 0 Å². The molecule has 0 unspecified atom stereocenters. The topological polar surface area (TPSA) is 35.2 Å². The Labute approximate surface area is 91.2 Å².